The molecular weight excluding hydrogens is 156 g/mol. The number of aryl methyl sites for hydroxylation is 1. The number of rotatable bonds is 0. The smallest absolute Gasteiger partial charge is 0.139 e. The van der Waals surface area contributed by atoms with Crippen LogP contribution in [0.5, 0.6) is 0 Å². The quantitative estimate of drug-likeness (QED) is 0.535. The lowest BCUT2D eigenvalue weighted by atomic mass is 10.2. The van der Waals surface area contributed by atoms with Gasteiger partial charge < -0.3 is 0 Å². The van der Waals surface area contributed by atoms with Gasteiger partial charge >= 0.3 is 0 Å². The average Bonchev–Trinajstić information content (AvgIpc) is 2.54. The molecule has 0 N–H and O–H groups in total. The van der Waals surface area contributed by atoms with Gasteiger partial charge in [-0.3, -0.25) is 4.68 Å². The van der Waals surface area contributed by atoms with E-state index in [1.54, 1.807) is 0 Å². The van der Waals surface area contributed by atoms with E-state index in [0.717, 1.165) is 17.2 Å². The molecular formula is C8H8N2S. The van der Waals surface area contributed by atoms with Gasteiger partial charge in [0.1, 0.15) is 5.69 Å². The summed E-state index contributed by atoms with van der Waals surface area (Å²) >= 11 is 1.90. The van der Waals surface area contributed by atoms with Crippen molar-refractivity contribution in [2.24, 2.45) is 7.05 Å². The third-order valence-corrected chi connectivity index (χ3v) is 2.87. The first-order valence-electron chi connectivity index (χ1n) is 3.42. The van der Waals surface area contributed by atoms with E-state index < -0.39 is 0 Å². The fourth-order valence-electron chi connectivity index (χ4n) is 1.30. The summed E-state index contributed by atoms with van der Waals surface area (Å²) in [6.45, 7) is 0. The van der Waals surface area contributed by atoms with Gasteiger partial charge in [0.25, 0.3) is 0 Å². The molecule has 0 fully saturated rings. The summed E-state index contributed by atoms with van der Waals surface area (Å²) in [6, 6.07) is 0. The molecule has 1 aliphatic rings. The van der Waals surface area contributed by atoms with E-state index in [9.17, 15) is 0 Å². The maximum absolute atomic E-state index is 5.30. The zero-order valence-electron chi connectivity index (χ0n) is 6.29. The van der Waals surface area contributed by atoms with Crippen molar-refractivity contribution >= 4 is 11.8 Å². The minimum atomic E-state index is 0.826. The predicted molar refractivity (Wildman–Crippen MR) is 46.1 cm³/mol. The summed E-state index contributed by atoms with van der Waals surface area (Å²) in [6.07, 6.45) is 5.30. The third-order valence-electron chi connectivity index (χ3n) is 1.90. The second-order valence-corrected chi connectivity index (χ2v) is 3.52. The van der Waals surface area contributed by atoms with Crippen molar-refractivity contribution in [1.82, 2.24) is 9.78 Å². The topological polar surface area (TPSA) is 17.8 Å². The first kappa shape index (κ1) is 6.81. The van der Waals surface area contributed by atoms with Crippen LogP contribution in [0, 0.1) is 12.3 Å². The van der Waals surface area contributed by atoms with Crippen molar-refractivity contribution in [2.45, 2.75) is 11.5 Å². The van der Waals surface area contributed by atoms with Crippen LogP contribution in [-0.4, -0.2) is 9.78 Å². The van der Waals surface area contributed by atoms with Gasteiger partial charge in [0, 0.05) is 24.1 Å². The molecule has 0 aliphatic carbocycles. The molecule has 1 aromatic rings. The van der Waals surface area contributed by atoms with Gasteiger partial charge in [0.2, 0.25) is 0 Å². The molecule has 0 spiro atoms. The Hall–Kier alpha value is -0.880. The van der Waals surface area contributed by atoms with Gasteiger partial charge in [-0.25, -0.2) is 0 Å². The van der Waals surface area contributed by atoms with Crippen LogP contribution in [0.4, 0.5) is 0 Å². The van der Waals surface area contributed by atoms with Crippen molar-refractivity contribution in [1.29, 1.82) is 0 Å². The maximum atomic E-state index is 5.30. The van der Waals surface area contributed by atoms with E-state index in [1.807, 2.05) is 23.5 Å². The molecule has 0 amide bonds. The second-order valence-electron chi connectivity index (χ2n) is 2.53. The summed E-state index contributed by atoms with van der Waals surface area (Å²) in [5, 5.41) is 4.22. The van der Waals surface area contributed by atoms with Crippen molar-refractivity contribution in [3.8, 4) is 12.3 Å². The van der Waals surface area contributed by atoms with Crippen molar-refractivity contribution in [3.63, 3.8) is 0 Å². The van der Waals surface area contributed by atoms with Gasteiger partial charge in [-0.15, -0.1) is 6.42 Å². The summed E-state index contributed by atoms with van der Waals surface area (Å²) in [7, 11) is 1.95. The first-order chi connectivity index (χ1) is 5.33. The van der Waals surface area contributed by atoms with Gasteiger partial charge in [-0.2, -0.15) is 16.9 Å². The van der Waals surface area contributed by atoms with E-state index in [4.69, 9.17) is 6.42 Å². The van der Waals surface area contributed by atoms with Gasteiger partial charge in [0.05, 0.1) is 5.69 Å². The number of nitrogens with zero attached hydrogens (tertiary/aromatic N) is 2. The van der Waals surface area contributed by atoms with Gasteiger partial charge in [0.15, 0.2) is 0 Å². The van der Waals surface area contributed by atoms with E-state index in [0.29, 0.717) is 0 Å². The number of terminal acetylenes is 1. The standard InChI is InChI=1S/C8H8N2S/c1-3-7-6-4-11-5-8(6)10(2)9-7/h1H,4-5H2,2H3. The molecule has 1 aliphatic heterocycles. The minimum Gasteiger partial charge on any atom is -0.270 e. The van der Waals surface area contributed by atoms with Crippen LogP contribution < -0.4 is 0 Å². The first-order valence-corrected chi connectivity index (χ1v) is 4.57. The van der Waals surface area contributed by atoms with Crippen molar-refractivity contribution in [3.05, 3.63) is 17.0 Å². The molecule has 1 aromatic heterocycles. The highest BCUT2D eigenvalue weighted by molar-refractivity contribution is 7.98. The lowest BCUT2D eigenvalue weighted by Crippen LogP contribution is -1.94. The summed E-state index contributed by atoms with van der Waals surface area (Å²) in [4.78, 5) is 0. The number of fused-ring (bicyclic) bond motifs is 1. The highest BCUT2D eigenvalue weighted by atomic mass is 32.2. The predicted octanol–water partition coefficient (Wildman–Crippen LogP) is 1.15. The lowest BCUT2D eigenvalue weighted by molar-refractivity contribution is 0.734. The Bertz CT molecular complexity index is 333. The van der Waals surface area contributed by atoms with E-state index >= 15 is 0 Å². The van der Waals surface area contributed by atoms with Crippen LogP contribution in [0.3, 0.4) is 0 Å². The number of aromatic nitrogens is 2. The molecule has 0 saturated heterocycles. The van der Waals surface area contributed by atoms with Crippen LogP contribution in [0.25, 0.3) is 0 Å². The molecule has 2 heterocycles. The van der Waals surface area contributed by atoms with E-state index in [-0.39, 0.29) is 0 Å². The normalized spacial score (nSPS) is 14.5. The molecule has 2 rings (SSSR count). The molecule has 56 valence electrons. The Labute approximate surface area is 70.0 Å². The average molecular weight is 164 g/mol. The Kier molecular flexibility index (Phi) is 1.43. The summed E-state index contributed by atoms with van der Waals surface area (Å²) < 4.78 is 1.89. The molecule has 0 atom stereocenters. The number of hydrogen-bond acceptors (Lipinski definition) is 2. The molecule has 0 unspecified atom stereocenters. The molecule has 11 heavy (non-hydrogen) atoms. The molecule has 3 heteroatoms. The van der Waals surface area contributed by atoms with Gasteiger partial charge in [-0.05, 0) is 5.92 Å². The van der Waals surface area contributed by atoms with Crippen LogP contribution in [0.15, 0.2) is 0 Å². The SMILES string of the molecule is C#Cc1nn(C)c2c1CSC2. The third kappa shape index (κ3) is 0.865. The van der Waals surface area contributed by atoms with Crippen molar-refractivity contribution < 1.29 is 0 Å². The zero-order chi connectivity index (χ0) is 7.84. The van der Waals surface area contributed by atoms with Crippen LogP contribution in [-0.2, 0) is 18.6 Å². The Morgan fingerprint density at radius 3 is 3.18 bits per heavy atom. The van der Waals surface area contributed by atoms with Crippen molar-refractivity contribution in [2.75, 3.05) is 0 Å². The molecule has 0 saturated carbocycles. The highest BCUT2D eigenvalue weighted by Crippen LogP contribution is 2.31. The Balaban J connectivity index is 2.63. The van der Waals surface area contributed by atoms with Gasteiger partial charge in [-0.1, -0.05) is 0 Å². The maximum Gasteiger partial charge on any atom is 0.139 e. The second kappa shape index (κ2) is 2.31. The lowest BCUT2D eigenvalue weighted by Gasteiger charge is -1.91. The monoisotopic (exact) mass is 164 g/mol. The molecule has 2 nitrogen and oxygen atoms in total. The van der Waals surface area contributed by atoms with Crippen LogP contribution in [0.1, 0.15) is 17.0 Å². The van der Waals surface area contributed by atoms with E-state index in [1.165, 1.54) is 11.3 Å². The summed E-state index contributed by atoms with van der Waals surface area (Å²) in [5.41, 5.74) is 3.38. The fourth-order valence-corrected chi connectivity index (χ4v) is 2.46. The Morgan fingerprint density at radius 2 is 2.45 bits per heavy atom. The fraction of sp³-hybridized carbons (Fsp3) is 0.375. The Morgan fingerprint density at radius 1 is 1.64 bits per heavy atom. The minimum absolute atomic E-state index is 0.826. The largest absolute Gasteiger partial charge is 0.270 e. The highest BCUT2D eigenvalue weighted by Gasteiger charge is 2.19. The van der Waals surface area contributed by atoms with E-state index in [2.05, 4.69) is 11.0 Å². The summed E-state index contributed by atoms with van der Waals surface area (Å²) in [5.74, 6) is 4.69. The zero-order valence-corrected chi connectivity index (χ0v) is 7.11. The molecule has 0 bridgehead atoms. The number of thioether (sulfide) groups is 1. The van der Waals surface area contributed by atoms with Crippen LogP contribution >= 0.6 is 11.8 Å². The van der Waals surface area contributed by atoms with Crippen LogP contribution in [0.2, 0.25) is 0 Å². The molecule has 0 aromatic carbocycles. The number of hydrogen-bond donors (Lipinski definition) is 0. The molecule has 0 radical (unpaired) electrons.